The number of methoxy groups -OCH3 is 1. The molecule has 2 atom stereocenters. The first-order valence-electron chi connectivity index (χ1n) is 18.2. The second-order valence-corrected chi connectivity index (χ2v) is 15.4. The Morgan fingerprint density at radius 3 is 2.44 bits per heavy atom. The fourth-order valence-electron chi connectivity index (χ4n) is 8.45. The number of alkyl halides is 3. The number of nitrogens with zero attached hydrogens (tertiary/aromatic N) is 6. The fourth-order valence-corrected chi connectivity index (χ4v) is 9.05. The summed E-state index contributed by atoms with van der Waals surface area (Å²) in [7, 11) is 4.08. The average Bonchev–Trinajstić information content (AvgIpc) is 3.88. The Morgan fingerprint density at radius 1 is 1.00 bits per heavy atom. The number of rotatable bonds is 8. The van der Waals surface area contributed by atoms with E-state index in [1.165, 1.54) is 20.2 Å². The summed E-state index contributed by atoms with van der Waals surface area (Å²) in [6.07, 6.45) is -2.49. The highest BCUT2D eigenvalue weighted by atomic mass is 35.5. The molecule has 5 aromatic rings. The lowest BCUT2D eigenvalue weighted by molar-refractivity contribution is -0.141. The summed E-state index contributed by atoms with van der Waals surface area (Å²) in [5, 5.41) is 15.6. The van der Waals surface area contributed by atoms with Crippen molar-refractivity contribution >= 4 is 51.6 Å². The highest BCUT2D eigenvalue weighted by Crippen LogP contribution is 2.47. The van der Waals surface area contributed by atoms with Crippen LogP contribution in [0.15, 0.2) is 58.1 Å². The molecule has 57 heavy (non-hydrogen) atoms. The van der Waals surface area contributed by atoms with E-state index in [4.69, 9.17) is 32.9 Å². The topological polar surface area (TPSA) is 147 Å². The van der Waals surface area contributed by atoms with Crippen molar-refractivity contribution in [2.24, 2.45) is 14.1 Å². The molecular formula is C39H37Cl2F3N8O5. The monoisotopic (exact) mass is 824 g/mol. The standard InChI is InChI=1S/C39H37Cl2F3N8O5/c1-49-27-17-28(39(42,43)44)47-33(30(27)35(54)50(2)37(49)56)45-24-9-5-7-22(32(24)41)21-6-4-8-23(31(21)40)25-16-20-10-11-26(29(20)34(46-25)57-3)51-13-12-38(18-51)19-52(14-15-53)36(55)48-38/h4-9,16-17,26,53H,10-15,18-19H2,1-3H3,(H,45,47)(H,48,55)/t26-,38+/m1/s1. The Hall–Kier alpha value is -5.16. The number of fused-ring (bicyclic) bond motifs is 2. The Balaban J connectivity index is 1.13. The van der Waals surface area contributed by atoms with Crippen molar-refractivity contribution in [1.29, 1.82) is 0 Å². The van der Waals surface area contributed by atoms with Crippen LogP contribution in [-0.2, 0) is 26.7 Å². The van der Waals surface area contributed by atoms with Gasteiger partial charge in [-0.2, -0.15) is 13.2 Å². The average molecular weight is 826 g/mol. The van der Waals surface area contributed by atoms with Crippen LogP contribution in [-0.4, -0.2) is 85.5 Å². The van der Waals surface area contributed by atoms with Gasteiger partial charge in [0.2, 0.25) is 5.88 Å². The van der Waals surface area contributed by atoms with Crippen molar-refractivity contribution < 1.29 is 27.8 Å². The van der Waals surface area contributed by atoms with E-state index in [9.17, 15) is 32.7 Å². The van der Waals surface area contributed by atoms with E-state index in [1.54, 1.807) is 36.3 Å². The van der Waals surface area contributed by atoms with Gasteiger partial charge < -0.3 is 25.4 Å². The molecule has 3 aliphatic rings. The number of carbonyl (C=O) groups excluding carboxylic acids is 1. The Bertz CT molecular complexity index is 2600. The number of amides is 2. The van der Waals surface area contributed by atoms with Gasteiger partial charge in [0, 0.05) is 68.6 Å². The second kappa shape index (κ2) is 14.3. The van der Waals surface area contributed by atoms with Gasteiger partial charge in [-0.15, -0.1) is 0 Å². The van der Waals surface area contributed by atoms with E-state index in [0.717, 1.165) is 46.1 Å². The van der Waals surface area contributed by atoms with Crippen LogP contribution in [0.1, 0.15) is 35.7 Å². The largest absolute Gasteiger partial charge is 0.481 e. The lowest BCUT2D eigenvalue weighted by atomic mass is 9.99. The molecule has 2 aromatic carbocycles. The third-order valence-corrected chi connectivity index (χ3v) is 12.0. The van der Waals surface area contributed by atoms with Gasteiger partial charge in [-0.25, -0.2) is 19.6 Å². The van der Waals surface area contributed by atoms with Gasteiger partial charge in [0.05, 0.1) is 46.2 Å². The van der Waals surface area contributed by atoms with Crippen LogP contribution in [0.4, 0.5) is 29.5 Å². The summed E-state index contributed by atoms with van der Waals surface area (Å²) in [6.45, 7) is 2.18. The first-order valence-corrected chi connectivity index (χ1v) is 18.9. The lowest BCUT2D eigenvalue weighted by Gasteiger charge is -2.28. The van der Waals surface area contributed by atoms with E-state index >= 15 is 0 Å². The first kappa shape index (κ1) is 38.7. The second-order valence-electron chi connectivity index (χ2n) is 14.6. The zero-order valence-electron chi connectivity index (χ0n) is 31.0. The molecule has 2 aliphatic heterocycles. The van der Waals surface area contributed by atoms with Crippen molar-refractivity contribution in [3.05, 3.63) is 96.2 Å². The number of benzene rings is 2. The first-order chi connectivity index (χ1) is 27.1. The molecule has 0 radical (unpaired) electrons. The number of aliphatic hydroxyl groups is 1. The summed E-state index contributed by atoms with van der Waals surface area (Å²) in [5.41, 5.74) is 0.764. The number of anilines is 2. The predicted molar refractivity (Wildman–Crippen MR) is 209 cm³/mol. The maximum absolute atomic E-state index is 14.0. The number of hydrogen-bond donors (Lipinski definition) is 3. The zero-order chi connectivity index (χ0) is 40.6. The minimum atomic E-state index is -4.88. The molecule has 2 saturated heterocycles. The zero-order valence-corrected chi connectivity index (χ0v) is 32.5. The highest BCUT2D eigenvalue weighted by molar-refractivity contribution is 6.39. The molecule has 2 fully saturated rings. The maximum Gasteiger partial charge on any atom is 0.433 e. The SMILES string of the molecule is COc1nc(-c2cccc(-c3cccc(Nc4nc(C(F)(F)F)cc5c4c(=O)n(C)c(=O)n5C)c3Cl)c2Cl)cc2c1[C@H](N1CC[C@@]3(CN(CCO)C(=O)N3)C1)CC2. The van der Waals surface area contributed by atoms with E-state index in [2.05, 4.69) is 20.5 Å². The number of nitrogens with one attached hydrogen (secondary N) is 2. The summed E-state index contributed by atoms with van der Waals surface area (Å²) >= 11 is 14.1. The van der Waals surface area contributed by atoms with Crippen molar-refractivity contribution in [2.45, 2.75) is 37.0 Å². The van der Waals surface area contributed by atoms with Crippen molar-refractivity contribution in [3.8, 4) is 28.3 Å². The minimum absolute atomic E-state index is 0.0315. The normalized spacial score (nSPS) is 19.5. The molecule has 8 rings (SSSR count). The maximum atomic E-state index is 14.0. The number of hydrogen-bond acceptors (Lipinski definition) is 9. The molecule has 1 aliphatic carbocycles. The molecule has 5 heterocycles. The van der Waals surface area contributed by atoms with E-state index in [-0.39, 0.29) is 45.8 Å². The van der Waals surface area contributed by atoms with Gasteiger partial charge in [0.25, 0.3) is 5.56 Å². The molecule has 3 aromatic heterocycles. The number of aliphatic hydroxyl groups excluding tert-OH is 1. The molecule has 0 saturated carbocycles. The van der Waals surface area contributed by atoms with E-state index in [1.807, 2.05) is 12.1 Å². The molecule has 18 heteroatoms. The molecule has 2 amide bonds. The number of likely N-dealkylation sites (tertiary alicyclic amines) is 1. The van der Waals surface area contributed by atoms with Crippen LogP contribution in [0, 0.1) is 0 Å². The molecular weight excluding hydrogens is 788 g/mol. The predicted octanol–water partition coefficient (Wildman–Crippen LogP) is 5.89. The minimum Gasteiger partial charge on any atom is -0.481 e. The Labute approximate surface area is 333 Å². The quantitative estimate of drug-likeness (QED) is 0.175. The number of urea groups is 1. The van der Waals surface area contributed by atoms with Crippen LogP contribution < -0.4 is 26.6 Å². The summed E-state index contributed by atoms with van der Waals surface area (Å²) in [4.78, 5) is 51.2. The van der Waals surface area contributed by atoms with Crippen LogP contribution in [0.3, 0.4) is 0 Å². The van der Waals surface area contributed by atoms with Gasteiger partial charge in [0.1, 0.15) is 16.9 Å². The van der Waals surface area contributed by atoms with Crippen LogP contribution in [0.2, 0.25) is 10.0 Å². The molecule has 3 N–H and O–H groups in total. The molecule has 13 nitrogen and oxygen atoms in total. The van der Waals surface area contributed by atoms with Crippen molar-refractivity contribution in [3.63, 3.8) is 0 Å². The van der Waals surface area contributed by atoms with Gasteiger partial charge in [-0.1, -0.05) is 53.5 Å². The summed E-state index contributed by atoms with van der Waals surface area (Å²) in [6, 6.07) is 12.8. The third-order valence-electron chi connectivity index (χ3n) is 11.2. The van der Waals surface area contributed by atoms with Crippen LogP contribution >= 0.6 is 23.2 Å². The van der Waals surface area contributed by atoms with Gasteiger partial charge >= 0.3 is 17.9 Å². The number of pyridine rings is 2. The van der Waals surface area contributed by atoms with Crippen molar-refractivity contribution in [2.75, 3.05) is 45.2 Å². The van der Waals surface area contributed by atoms with Crippen LogP contribution in [0.5, 0.6) is 5.88 Å². The lowest BCUT2D eigenvalue weighted by Crippen LogP contribution is -2.46. The number of β-amino-alcohol motifs (C(OH)–C–C–N with tert-alkyl or cyclic N) is 1. The molecule has 0 unspecified atom stereocenters. The number of aryl methyl sites for hydroxylation is 2. The number of halogens is 5. The number of carbonyl (C=O) groups is 1. The molecule has 298 valence electrons. The van der Waals surface area contributed by atoms with E-state index in [0.29, 0.717) is 59.0 Å². The van der Waals surface area contributed by atoms with Gasteiger partial charge in [0.15, 0.2) is 0 Å². The van der Waals surface area contributed by atoms with Gasteiger partial charge in [-0.05, 0) is 43.0 Å². The van der Waals surface area contributed by atoms with E-state index < -0.39 is 28.9 Å². The number of aromatic nitrogens is 4. The summed E-state index contributed by atoms with van der Waals surface area (Å²) < 4.78 is 49.7. The molecule has 0 bridgehead atoms. The Kier molecular flexibility index (Phi) is 9.74. The smallest absolute Gasteiger partial charge is 0.433 e. The Morgan fingerprint density at radius 2 is 1.72 bits per heavy atom. The van der Waals surface area contributed by atoms with Gasteiger partial charge in [-0.3, -0.25) is 18.8 Å². The highest BCUT2D eigenvalue weighted by Gasteiger charge is 2.49. The fraction of sp³-hybridized carbons (Fsp3) is 0.359. The third kappa shape index (κ3) is 6.57. The number of ether oxygens (including phenoxy) is 1. The molecule has 1 spiro atoms. The summed E-state index contributed by atoms with van der Waals surface area (Å²) in [5.74, 6) is 0.0434. The van der Waals surface area contributed by atoms with Crippen molar-refractivity contribution in [1.82, 2.24) is 34.2 Å². The van der Waals surface area contributed by atoms with Crippen LogP contribution in [0.25, 0.3) is 33.3 Å².